The van der Waals surface area contributed by atoms with Crippen LogP contribution in [0, 0.1) is 11.6 Å². The molecule has 2 aromatic carbocycles. The van der Waals surface area contributed by atoms with Gasteiger partial charge in [0.1, 0.15) is 0 Å². The molecule has 0 radical (unpaired) electrons. The molecule has 1 fully saturated rings. The first kappa shape index (κ1) is 23.2. The van der Waals surface area contributed by atoms with Gasteiger partial charge >= 0.3 is 0 Å². The molecule has 1 aliphatic heterocycles. The molecule has 0 aliphatic carbocycles. The summed E-state index contributed by atoms with van der Waals surface area (Å²) in [7, 11) is 1.50. The van der Waals surface area contributed by atoms with Crippen molar-refractivity contribution in [3.8, 4) is 11.5 Å². The van der Waals surface area contributed by atoms with Crippen molar-refractivity contribution in [3.05, 3.63) is 58.1 Å². The van der Waals surface area contributed by atoms with Crippen molar-refractivity contribution in [2.75, 3.05) is 26.8 Å². The number of carbonyl (C=O) groups is 1. The van der Waals surface area contributed by atoms with Gasteiger partial charge in [0, 0.05) is 19.1 Å². The maximum atomic E-state index is 13.4. The van der Waals surface area contributed by atoms with Crippen molar-refractivity contribution < 1.29 is 23.0 Å². The van der Waals surface area contributed by atoms with Crippen molar-refractivity contribution >= 4 is 17.5 Å². The minimum Gasteiger partial charge on any atom is -0.493 e. The average Bonchev–Trinajstić information content (AvgIpc) is 2.74. The first-order valence-electron chi connectivity index (χ1n) is 10.0. The van der Waals surface area contributed by atoms with E-state index < -0.39 is 17.5 Å². The van der Waals surface area contributed by atoms with Gasteiger partial charge in [-0.05, 0) is 61.3 Å². The second-order valence-electron chi connectivity index (χ2n) is 7.54. The summed E-state index contributed by atoms with van der Waals surface area (Å²) in [4.78, 5) is 13.2. The van der Waals surface area contributed by atoms with Crippen LogP contribution < -0.4 is 20.5 Å². The third-order valence-corrected chi connectivity index (χ3v) is 5.50. The molecule has 0 bridgehead atoms. The molecule has 0 saturated carbocycles. The van der Waals surface area contributed by atoms with Crippen LogP contribution in [0.1, 0.15) is 24.0 Å². The van der Waals surface area contributed by atoms with E-state index in [2.05, 4.69) is 10.2 Å². The molecule has 1 amide bonds. The molecule has 1 heterocycles. The van der Waals surface area contributed by atoms with Crippen LogP contribution in [0.4, 0.5) is 8.78 Å². The predicted octanol–water partition coefficient (Wildman–Crippen LogP) is 3.25. The van der Waals surface area contributed by atoms with Gasteiger partial charge in [0.15, 0.2) is 29.7 Å². The normalized spacial score (nSPS) is 15.1. The molecule has 1 aliphatic rings. The van der Waals surface area contributed by atoms with Gasteiger partial charge in [0.05, 0.1) is 12.1 Å². The highest BCUT2D eigenvalue weighted by Gasteiger charge is 2.20. The zero-order valence-corrected chi connectivity index (χ0v) is 18.1. The zero-order valence-electron chi connectivity index (χ0n) is 17.3. The van der Waals surface area contributed by atoms with Crippen molar-refractivity contribution in [2.45, 2.75) is 32.0 Å². The van der Waals surface area contributed by atoms with Crippen LogP contribution in [0.15, 0.2) is 30.3 Å². The SMILES string of the molecule is COc1cc(CNC2CCN(Cc3ccc(F)c(F)c3)CC2)cc(Cl)c1OCC(N)=O. The Bertz CT molecular complexity index is 921. The van der Waals surface area contributed by atoms with E-state index in [4.69, 9.17) is 26.8 Å². The van der Waals surface area contributed by atoms with Crippen LogP contribution in [0.5, 0.6) is 11.5 Å². The minimum atomic E-state index is -0.823. The Morgan fingerprint density at radius 3 is 2.58 bits per heavy atom. The number of amides is 1. The molecular formula is C22H26ClF2N3O3. The van der Waals surface area contributed by atoms with Gasteiger partial charge in [0.25, 0.3) is 5.91 Å². The van der Waals surface area contributed by atoms with Crippen LogP contribution >= 0.6 is 11.6 Å². The molecule has 0 atom stereocenters. The van der Waals surface area contributed by atoms with Gasteiger partial charge < -0.3 is 20.5 Å². The lowest BCUT2D eigenvalue weighted by molar-refractivity contribution is -0.119. The van der Waals surface area contributed by atoms with E-state index in [0.29, 0.717) is 29.9 Å². The number of benzene rings is 2. The Labute approximate surface area is 185 Å². The Morgan fingerprint density at radius 1 is 1.19 bits per heavy atom. The lowest BCUT2D eigenvalue weighted by Crippen LogP contribution is -2.41. The quantitative estimate of drug-likeness (QED) is 0.609. The highest BCUT2D eigenvalue weighted by molar-refractivity contribution is 6.32. The number of piperidine rings is 1. The maximum absolute atomic E-state index is 13.4. The maximum Gasteiger partial charge on any atom is 0.255 e. The van der Waals surface area contributed by atoms with Crippen molar-refractivity contribution in [2.24, 2.45) is 5.73 Å². The van der Waals surface area contributed by atoms with Crippen LogP contribution in [0.2, 0.25) is 5.02 Å². The molecule has 9 heteroatoms. The molecule has 1 saturated heterocycles. The number of carbonyl (C=O) groups excluding carboxylic acids is 1. The molecule has 3 N–H and O–H groups in total. The Balaban J connectivity index is 1.50. The number of nitrogens with two attached hydrogens (primary N) is 1. The van der Waals surface area contributed by atoms with Crippen molar-refractivity contribution in [1.29, 1.82) is 0 Å². The average molecular weight is 454 g/mol. The van der Waals surface area contributed by atoms with E-state index in [1.165, 1.54) is 19.2 Å². The van der Waals surface area contributed by atoms with Gasteiger partial charge in [-0.1, -0.05) is 17.7 Å². The second kappa shape index (κ2) is 10.7. The highest BCUT2D eigenvalue weighted by atomic mass is 35.5. The molecule has 6 nitrogen and oxygen atoms in total. The predicted molar refractivity (Wildman–Crippen MR) is 114 cm³/mol. The molecular weight excluding hydrogens is 428 g/mol. The monoisotopic (exact) mass is 453 g/mol. The van der Waals surface area contributed by atoms with E-state index in [1.807, 2.05) is 6.07 Å². The number of hydrogen-bond acceptors (Lipinski definition) is 5. The molecule has 2 aromatic rings. The summed E-state index contributed by atoms with van der Waals surface area (Å²) in [5.74, 6) is -1.51. The number of halogens is 3. The third-order valence-electron chi connectivity index (χ3n) is 5.22. The van der Waals surface area contributed by atoms with Crippen LogP contribution in [-0.2, 0) is 17.9 Å². The van der Waals surface area contributed by atoms with E-state index in [9.17, 15) is 13.6 Å². The van der Waals surface area contributed by atoms with E-state index in [-0.39, 0.29) is 12.4 Å². The van der Waals surface area contributed by atoms with E-state index in [1.54, 1.807) is 12.1 Å². The lowest BCUT2D eigenvalue weighted by Gasteiger charge is -2.32. The highest BCUT2D eigenvalue weighted by Crippen LogP contribution is 2.36. The third kappa shape index (κ3) is 6.53. The van der Waals surface area contributed by atoms with E-state index >= 15 is 0 Å². The first-order chi connectivity index (χ1) is 14.9. The molecule has 168 valence electrons. The molecule has 0 spiro atoms. The Kier molecular flexibility index (Phi) is 8.06. The van der Waals surface area contributed by atoms with Crippen molar-refractivity contribution in [1.82, 2.24) is 10.2 Å². The number of ether oxygens (including phenoxy) is 2. The summed E-state index contributed by atoms with van der Waals surface area (Å²) in [6.45, 7) is 2.64. The summed E-state index contributed by atoms with van der Waals surface area (Å²) in [5.41, 5.74) is 6.81. The minimum absolute atomic E-state index is 0.281. The number of nitrogens with zero attached hydrogens (tertiary/aromatic N) is 1. The fourth-order valence-corrected chi connectivity index (χ4v) is 3.90. The largest absolute Gasteiger partial charge is 0.493 e. The van der Waals surface area contributed by atoms with Crippen LogP contribution in [-0.4, -0.2) is 43.7 Å². The van der Waals surface area contributed by atoms with Gasteiger partial charge in [0.2, 0.25) is 0 Å². The number of rotatable bonds is 9. The number of methoxy groups -OCH3 is 1. The van der Waals surface area contributed by atoms with E-state index in [0.717, 1.165) is 37.1 Å². The number of hydrogen-bond donors (Lipinski definition) is 2. The van der Waals surface area contributed by atoms with Gasteiger partial charge in [-0.3, -0.25) is 9.69 Å². The van der Waals surface area contributed by atoms with Crippen LogP contribution in [0.25, 0.3) is 0 Å². The summed E-state index contributed by atoms with van der Waals surface area (Å²) in [6, 6.07) is 7.96. The lowest BCUT2D eigenvalue weighted by atomic mass is 10.0. The Morgan fingerprint density at radius 2 is 1.94 bits per heavy atom. The fraction of sp³-hybridized carbons (Fsp3) is 0.409. The number of primary amides is 1. The van der Waals surface area contributed by atoms with Gasteiger partial charge in [-0.25, -0.2) is 8.78 Å². The van der Waals surface area contributed by atoms with Crippen molar-refractivity contribution in [3.63, 3.8) is 0 Å². The zero-order chi connectivity index (χ0) is 22.4. The molecule has 31 heavy (non-hydrogen) atoms. The standard InChI is InChI=1S/C22H26ClF2N3O3/c1-30-20-10-15(8-17(23)22(20)31-13-21(26)29)11-27-16-4-6-28(7-5-16)12-14-2-3-18(24)19(25)9-14/h2-3,8-10,16,27H,4-7,11-13H2,1H3,(H2,26,29). The molecule has 0 unspecified atom stereocenters. The Hall–Kier alpha value is -2.42. The number of likely N-dealkylation sites (tertiary alicyclic amines) is 1. The summed E-state index contributed by atoms with van der Waals surface area (Å²) < 4.78 is 37.1. The van der Waals surface area contributed by atoms with Gasteiger partial charge in [-0.15, -0.1) is 0 Å². The smallest absolute Gasteiger partial charge is 0.255 e. The fourth-order valence-electron chi connectivity index (χ4n) is 3.61. The summed E-state index contributed by atoms with van der Waals surface area (Å²) >= 11 is 6.29. The van der Waals surface area contributed by atoms with Gasteiger partial charge in [-0.2, -0.15) is 0 Å². The first-order valence-corrected chi connectivity index (χ1v) is 10.4. The molecule has 0 aromatic heterocycles. The second-order valence-corrected chi connectivity index (χ2v) is 7.95. The summed E-state index contributed by atoms with van der Waals surface area (Å²) in [5, 5.41) is 3.87. The van der Waals surface area contributed by atoms with Crippen LogP contribution in [0.3, 0.4) is 0 Å². The topological polar surface area (TPSA) is 76.8 Å². The number of nitrogens with one attached hydrogen (secondary N) is 1. The molecule has 3 rings (SSSR count). The summed E-state index contributed by atoms with van der Waals surface area (Å²) in [6.07, 6.45) is 1.88.